The lowest BCUT2D eigenvalue weighted by atomic mass is 10.1. The van der Waals surface area contributed by atoms with E-state index >= 15 is 0 Å². The summed E-state index contributed by atoms with van der Waals surface area (Å²) in [6.07, 6.45) is -5.48. The number of hydrogen-bond donors (Lipinski definition) is 6. The van der Waals surface area contributed by atoms with Crippen molar-refractivity contribution in [1.82, 2.24) is 39.0 Å². The van der Waals surface area contributed by atoms with Crippen molar-refractivity contribution in [3.05, 3.63) is 28.3 Å². The molecule has 0 radical (unpaired) electrons. The second-order valence-electron chi connectivity index (χ2n) is 10.1. The fraction of sp³-hybridized carbons (Fsp3) is 0.500. The van der Waals surface area contributed by atoms with Gasteiger partial charge in [0.15, 0.2) is 28.9 Å². The largest absolute Gasteiger partial charge is 0.387 e. The van der Waals surface area contributed by atoms with E-state index < -0.39 is 75.3 Å². The topological polar surface area (TPSA) is 272 Å². The fourth-order valence-electron chi connectivity index (χ4n) is 5.30. The Kier molecular flexibility index (Phi) is 7.96. The molecule has 7 rings (SSSR count). The number of nitrogens with one attached hydrogen (secondary N) is 1. The fourth-order valence-corrected chi connectivity index (χ4v) is 8.40. The third-order valence-corrected chi connectivity index (χ3v) is 10.6. The second-order valence-corrected chi connectivity index (χ2v) is 16.1. The van der Waals surface area contributed by atoms with Crippen molar-refractivity contribution in [1.29, 1.82) is 0 Å². The van der Waals surface area contributed by atoms with Gasteiger partial charge < -0.3 is 40.0 Å². The Labute approximate surface area is 266 Å². The van der Waals surface area contributed by atoms with Crippen LogP contribution in [0.3, 0.4) is 0 Å². The minimum absolute atomic E-state index is 0.0103. The predicted molar refractivity (Wildman–Crippen MR) is 160 cm³/mol. The first-order chi connectivity index (χ1) is 21.3. The van der Waals surface area contributed by atoms with Crippen LogP contribution >= 0.6 is 37.4 Å². The van der Waals surface area contributed by atoms with Crippen molar-refractivity contribution in [2.24, 2.45) is 0 Å². The zero-order chi connectivity index (χ0) is 31.8. The molecule has 3 unspecified atom stereocenters. The van der Waals surface area contributed by atoms with E-state index in [1.807, 2.05) is 0 Å². The van der Waals surface area contributed by atoms with E-state index in [9.17, 15) is 19.4 Å². The molecule has 3 aliphatic rings. The maximum absolute atomic E-state index is 13.5. The first-order valence-corrected chi connectivity index (χ1v) is 18.6. The first kappa shape index (κ1) is 31.3. The van der Waals surface area contributed by atoms with E-state index in [4.69, 9.17) is 62.4 Å². The Bertz CT molecular complexity index is 1960. The number of nitrogens with two attached hydrogens (primary N) is 2. The molecule has 25 heteroatoms. The Morgan fingerprint density at radius 3 is 2.53 bits per heavy atom. The molecule has 9 atom stereocenters. The van der Waals surface area contributed by atoms with E-state index in [1.165, 1.54) is 21.8 Å². The molecule has 3 fully saturated rings. The zero-order valence-corrected chi connectivity index (χ0v) is 26.6. The van der Waals surface area contributed by atoms with Gasteiger partial charge in [-0.3, -0.25) is 28.0 Å². The van der Waals surface area contributed by atoms with E-state index in [2.05, 4.69) is 42.2 Å². The molecule has 0 aliphatic carbocycles. The lowest BCUT2D eigenvalue weighted by molar-refractivity contribution is -0.0583. The molecule has 7 heterocycles. The highest BCUT2D eigenvalue weighted by Crippen LogP contribution is 2.58. The van der Waals surface area contributed by atoms with Crippen LogP contribution in [0.1, 0.15) is 18.9 Å². The van der Waals surface area contributed by atoms with Gasteiger partial charge in [-0.1, -0.05) is 12.2 Å². The molecule has 3 saturated heterocycles. The third kappa shape index (κ3) is 5.88. The van der Waals surface area contributed by atoms with Crippen LogP contribution in [0, 0.1) is 0 Å². The van der Waals surface area contributed by atoms with Gasteiger partial charge in [0.2, 0.25) is 11.2 Å². The number of aromatic amines is 1. The van der Waals surface area contributed by atoms with Crippen LogP contribution < -0.4 is 17.0 Å². The van der Waals surface area contributed by atoms with Gasteiger partial charge in [0.25, 0.3) is 5.56 Å². The maximum Gasteiger partial charge on any atom is 0.386 e. The summed E-state index contributed by atoms with van der Waals surface area (Å²) >= 11 is 15.4. The summed E-state index contributed by atoms with van der Waals surface area (Å²) in [5.74, 6) is -0.149. The highest BCUT2D eigenvalue weighted by Gasteiger charge is 2.51. The molecule has 20 nitrogen and oxygen atoms in total. The Morgan fingerprint density at radius 1 is 1.02 bits per heavy atom. The number of aliphatic hydroxyl groups is 1. The van der Waals surface area contributed by atoms with Gasteiger partial charge in [0, 0.05) is 6.42 Å². The van der Waals surface area contributed by atoms with E-state index in [0.717, 1.165) is 0 Å². The number of rotatable bonds is 2. The van der Waals surface area contributed by atoms with Crippen molar-refractivity contribution in [2.75, 3.05) is 24.7 Å². The molecule has 242 valence electrons. The number of aliphatic hydroxyl groups excluding tert-OH is 1. The number of hydrogen-bond acceptors (Lipinski definition) is 17. The molecule has 0 spiro atoms. The lowest BCUT2D eigenvalue weighted by Crippen LogP contribution is -2.35. The van der Waals surface area contributed by atoms with Crippen LogP contribution in [-0.4, -0.2) is 92.8 Å². The quantitative estimate of drug-likeness (QED) is 0.0927. The number of halogens is 1. The molecule has 45 heavy (non-hydrogen) atoms. The highest BCUT2D eigenvalue weighted by molar-refractivity contribution is 8.44. The Morgan fingerprint density at radius 2 is 1.73 bits per heavy atom. The summed E-state index contributed by atoms with van der Waals surface area (Å²) in [7, 11) is 0. The van der Waals surface area contributed by atoms with Crippen molar-refractivity contribution in [2.45, 2.75) is 49.4 Å². The first-order valence-electron chi connectivity index (χ1n) is 13.0. The number of nitrogen functional groups attached to an aromatic ring is 2. The monoisotopic (exact) mass is 724 g/mol. The van der Waals surface area contributed by atoms with Gasteiger partial charge in [0.1, 0.15) is 36.2 Å². The van der Waals surface area contributed by atoms with Crippen LogP contribution in [0.25, 0.3) is 22.3 Å². The molecule has 0 amide bonds. The van der Waals surface area contributed by atoms with Gasteiger partial charge in [-0.25, -0.2) is 14.5 Å². The SMILES string of the molecule is Nc1nc2c(ncn2[C@@H]2O[C@@H]3COP(O)(=S)O[C@@H]4C[C@H](n5cnc6c(N)nc(Cl)nc65)O[C@@H]4COP(=O)(S)O[C@H]2C3O)c(=O)[nH]1. The van der Waals surface area contributed by atoms with Gasteiger partial charge in [-0.05, 0) is 23.4 Å². The molecule has 4 aromatic heterocycles. The molecular formula is C20H23ClN10O10P2S2. The smallest absolute Gasteiger partial charge is 0.386 e. The number of H-pyrrole nitrogens is 1. The van der Waals surface area contributed by atoms with Gasteiger partial charge in [-0.15, -0.1) is 0 Å². The van der Waals surface area contributed by atoms with E-state index in [-0.39, 0.29) is 45.8 Å². The van der Waals surface area contributed by atoms with Crippen LogP contribution in [0.15, 0.2) is 17.4 Å². The number of imidazole rings is 2. The minimum atomic E-state index is -4.29. The molecule has 0 aromatic carbocycles. The number of thiol groups is 1. The number of anilines is 2. The van der Waals surface area contributed by atoms with Crippen molar-refractivity contribution >= 4 is 83.3 Å². The second kappa shape index (κ2) is 11.4. The van der Waals surface area contributed by atoms with Gasteiger partial charge in [0.05, 0.1) is 32.0 Å². The normalized spacial score (nSPS) is 36.0. The zero-order valence-electron chi connectivity index (χ0n) is 22.4. The van der Waals surface area contributed by atoms with Crippen molar-refractivity contribution in [3.8, 4) is 0 Å². The van der Waals surface area contributed by atoms with Gasteiger partial charge >= 0.3 is 13.5 Å². The maximum atomic E-state index is 13.5. The predicted octanol–water partition coefficient (Wildman–Crippen LogP) is 0.395. The van der Waals surface area contributed by atoms with Crippen molar-refractivity contribution < 1.29 is 42.1 Å². The van der Waals surface area contributed by atoms with E-state index in [1.54, 1.807) is 0 Å². The number of aromatic nitrogens is 8. The summed E-state index contributed by atoms with van der Waals surface area (Å²) in [4.78, 5) is 46.1. The lowest BCUT2D eigenvalue weighted by Gasteiger charge is -2.26. The minimum Gasteiger partial charge on any atom is -0.387 e. The van der Waals surface area contributed by atoms with Crippen LogP contribution in [0.5, 0.6) is 0 Å². The summed E-state index contributed by atoms with van der Waals surface area (Å²) in [5, 5.41) is 11.0. The molecule has 0 saturated carbocycles. The van der Waals surface area contributed by atoms with Gasteiger partial charge in [-0.2, -0.15) is 15.0 Å². The molecular weight excluding hydrogens is 702 g/mol. The highest BCUT2D eigenvalue weighted by atomic mass is 35.5. The number of fused-ring (bicyclic) bond motifs is 5. The summed E-state index contributed by atoms with van der Waals surface area (Å²) in [6, 6.07) is 0. The number of nitrogens with zero attached hydrogens (tertiary/aromatic N) is 7. The van der Waals surface area contributed by atoms with Crippen molar-refractivity contribution in [3.63, 3.8) is 0 Å². The van der Waals surface area contributed by atoms with Crippen LogP contribution in [0.4, 0.5) is 11.8 Å². The Balaban J connectivity index is 1.19. The summed E-state index contributed by atoms with van der Waals surface area (Å²) < 4.78 is 51.1. The molecule has 3 aliphatic heterocycles. The summed E-state index contributed by atoms with van der Waals surface area (Å²) in [5.41, 5.74) is 11.5. The molecule has 7 N–H and O–H groups in total. The average molecular weight is 725 g/mol. The van der Waals surface area contributed by atoms with Crippen LogP contribution in [0.2, 0.25) is 5.28 Å². The molecule has 4 aromatic rings. The average Bonchev–Trinajstić information content (AvgIpc) is 3.72. The van der Waals surface area contributed by atoms with E-state index in [0.29, 0.717) is 0 Å². The molecule has 2 bridgehead atoms. The standard InChI is InChI=1S/C20H23ClN10O10P2S2/c21-19-26-14(22)10-15(27-19)30(4-24-10)9-1-6-7(38-9)2-36-43(35,45)41-13-12(32)8(3-37-42(34,44)40-6)39-18(13)31-5-25-11-16(31)28-20(23)29-17(11)33/h4-9,12-13,18,32H,1-3H2,(H,34,44)(H,35,45)(H2,22,26,27)(H3,23,28,29,33)/t6-,7-,8-,9-,12?,13+,18-,42?,43?/m1/s1. The summed E-state index contributed by atoms with van der Waals surface area (Å²) in [6.45, 7) is -9.22. The van der Waals surface area contributed by atoms with Crippen LogP contribution in [-0.2, 0) is 43.9 Å². The number of ether oxygens (including phenoxy) is 2. The third-order valence-electron chi connectivity index (χ3n) is 7.28. The Hall–Kier alpha value is -2.30.